The first-order valence-electron chi connectivity index (χ1n) is 8.90. The van der Waals surface area contributed by atoms with Crippen LogP contribution >= 0.6 is 11.8 Å². The van der Waals surface area contributed by atoms with Crippen molar-refractivity contribution in [3.05, 3.63) is 71.9 Å². The molecule has 0 N–H and O–H groups in total. The molecule has 5 heteroatoms. The molecule has 0 unspecified atom stereocenters. The monoisotopic (exact) mass is 366 g/mol. The first-order chi connectivity index (χ1) is 12.5. The van der Waals surface area contributed by atoms with Crippen LogP contribution in [0.25, 0.3) is 0 Å². The molecular formula is C21H26N4S. The molecule has 1 aromatic carbocycles. The van der Waals surface area contributed by atoms with Crippen LogP contribution in [0, 0.1) is 0 Å². The molecule has 0 spiro atoms. The molecule has 0 radical (unpaired) electrons. The Morgan fingerprint density at radius 2 is 1.85 bits per heavy atom. The molecule has 2 heterocycles. The lowest BCUT2D eigenvalue weighted by Crippen LogP contribution is -2.16. The van der Waals surface area contributed by atoms with Crippen molar-refractivity contribution >= 4 is 11.8 Å². The van der Waals surface area contributed by atoms with Crippen LogP contribution in [0.1, 0.15) is 36.8 Å². The van der Waals surface area contributed by atoms with Gasteiger partial charge in [-0.3, -0.25) is 4.98 Å². The van der Waals surface area contributed by atoms with Gasteiger partial charge in [-0.15, -0.1) is 0 Å². The van der Waals surface area contributed by atoms with Gasteiger partial charge in [-0.05, 0) is 43.8 Å². The van der Waals surface area contributed by atoms with E-state index in [0.717, 1.165) is 18.9 Å². The predicted molar refractivity (Wildman–Crippen MR) is 108 cm³/mol. The van der Waals surface area contributed by atoms with Crippen LogP contribution in [-0.4, -0.2) is 33.5 Å². The van der Waals surface area contributed by atoms with Crippen molar-refractivity contribution in [2.24, 2.45) is 0 Å². The number of hydrogen-bond acceptors (Lipinski definition) is 4. The van der Waals surface area contributed by atoms with Crippen molar-refractivity contribution in [3.63, 3.8) is 0 Å². The second kappa shape index (κ2) is 8.52. The maximum absolute atomic E-state index is 5.02. The largest absolute Gasteiger partial charge is 0.317 e. The van der Waals surface area contributed by atoms with E-state index in [1.54, 1.807) is 11.8 Å². The zero-order chi connectivity index (χ0) is 18.5. The lowest BCUT2D eigenvalue weighted by molar-refractivity contribution is 0.380. The molecule has 3 rings (SSSR count). The number of nitrogens with zero attached hydrogens (tertiary/aromatic N) is 4. The number of benzene rings is 1. The standard InChI is InChI=1S/C21H26N4S/c1-16(2)20-21(26-18-10-6-5-7-11-18)25(19(23-20)15-24(3)4)14-17-9-8-12-22-13-17/h5-13,16H,14-15H2,1-4H3. The Bertz CT molecular complexity index is 826. The minimum Gasteiger partial charge on any atom is -0.317 e. The summed E-state index contributed by atoms with van der Waals surface area (Å²) in [7, 11) is 4.17. The molecule has 0 amide bonds. The molecule has 0 aliphatic heterocycles. The minimum atomic E-state index is 0.372. The molecule has 0 saturated carbocycles. The van der Waals surface area contributed by atoms with Crippen molar-refractivity contribution in [1.29, 1.82) is 0 Å². The van der Waals surface area contributed by atoms with E-state index in [9.17, 15) is 0 Å². The van der Waals surface area contributed by atoms with Gasteiger partial charge in [0.1, 0.15) is 10.9 Å². The minimum absolute atomic E-state index is 0.372. The number of rotatable bonds is 7. The number of pyridine rings is 1. The third kappa shape index (κ3) is 4.54. The summed E-state index contributed by atoms with van der Waals surface area (Å²) in [5.74, 6) is 1.47. The average Bonchev–Trinajstić information content (AvgIpc) is 2.94. The van der Waals surface area contributed by atoms with Gasteiger partial charge in [0.2, 0.25) is 0 Å². The van der Waals surface area contributed by atoms with Gasteiger partial charge in [0.05, 0.1) is 18.8 Å². The molecule has 0 aliphatic carbocycles. The average molecular weight is 367 g/mol. The van der Waals surface area contributed by atoms with Crippen molar-refractivity contribution in [2.75, 3.05) is 14.1 Å². The third-order valence-electron chi connectivity index (χ3n) is 4.05. The molecule has 3 aromatic rings. The summed E-state index contributed by atoms with van der Waals surface area (Å²) in [6.45, 7) is 6.03. The van der Waals surface area contributed by atoms with Crippen LogP contribution in [0.5, 0.6) is 0 Å². The van der Waals surface area contributed by atoms with Crippen molar-refractivity contribution in [3.8, 4) is 0 Å². The molecule has 4 nitrogen and oxygen atoms in total. The smallest absolute Gasteiger partial charge is 0.124 e. The van der Waals surface area contributed by atoms with E-state index in [0.29, 0.717) is 5.92 Å². The van der Waals surface area contributed by atoms with Gasteiger partial charge in [0.15, 0.2) is 0 Å². The summed E-state index contributed by atoms with van der Waals surface area (Å²) >= 11 is 1.80. The fourth-order valence-corrected chi connectivity index (χ4v) is 4.01. The molecule has 0 atom stereocenters. The van der Waals surface area contributed by atoms with E-state index in [1.165, 1.54) is 21.2 Å². The SMILES string of the molecule is CC(C)c1nc(CN(C)C)n(Cc2cccnc2)c1Sc1ccccc1. The van der Waals surface area contributed by atoms with Crippen molar-refractivity contribution in [2.45, 2.75) is 42.8 Å². The summed E-state index contributed by atoms with van der Waals surface area (Å²) in [6, 6.07) is 14.6. The van der Waals surface area contributed by atoms with Crippen molar-refractivity contribution in [1.82, 2.24) is 19.4 Å². The van der Waals surface area contributed by atoms with Gasteiger partial charge in [0, 0.05) is 17.3 Å². The Morgan fingerprint density at radius 3 is 2.46 bits per heavy atom. The van der Waals surface area contributed by atoms with Crippen LogP contribution in [-0.2, 0) is 13.1 Å². The van der Waals surface area contributed by atoms with E-state index < -0.39 is 0 Å². The van der Waals surface area contributed by atoms with E-state index in [-0.39, 0.29) is 0 Å². The topological polar surface area (TPSA) is 34.0 Å². The first kappa shape index (κ1) is 18.7. The van der Waals surface area contributed by atoms with E-state index in [2.05, 4.69) is 78.8 Å². The van der Waals surface area contributed by atoms with Gasteiger partial charge < -0.3 is 9.47 Å². The quantitative estimate of drug-likeness (QED) is 0.609. The van der Waals surface area contributed by atoms with Crippen LogP contribution in [0.15, 0.2) is 64.8 Å². The summed E-state index contributed by atoms with van der Waals surface area (Å²) in [4.78, 5) is 12.7. The van der Waals surface area contributed by atoms with Crippen molar-refractivity contribution < 1.29 is 0 Å². The van der Waals surface area contributed by atoms with E-state index in [1.807, 2.05) is 18.5 Å². The van der Waals surface area contributed by atoms with Gasteiger partial charge >= 0.3 is 0 Å². The summed E-state index contributed by atoms with van der Waals surface area (Å²) < 4.78 is 2.35. The van der Waals surface area contributed by atoms with Crippen LogP contribution in [0.3, 0.4) is 0 Å². The summed E-state index contributed by atoms with van der Waals surface area (Å²) in [5.41, 5.74) is 2.36. The summed E-state index contributed by atoms with van der Waals surface area (Å²) in [5, 5.41) is 1.23. The highest BCUT2D eigenvalue weighted by molar-refractivity contribution is 7.99. The Morgan fingerprint density at radius 1 is 1.08 bits per heavy atom. The highest BCUT2D eigenvalue weighted by atomic mass is 32.2. The van der Waals surface area contributed by atoms with Gasteiger partial charge in [0.25, 0.3) is 0 Å². The Kier molecular flexibility index (Phi) is 6.12. The number of aromatic nitrogens is 3. The molecule has 26 heavy (non-hydrogen) atoms. The van der Waals surface area contributed by atoms with Crippen LogP contribution in [0.4, 0.5) is 0 Å². The third-order valence-corrected chi connectivity index (χ3v) is 5.18. The van der Waals surface area contributed by atoms with Gasteiger partial charge in [-0.25, -0.2) is 4.98 Å². The molecule has 0 bridgehead atoms. The molecule has 0 aliphatic rings. The second-order valence-electron chi connectivity index (χ2n) is 6.97. The molecule has 0 saturated heterocycles. The maximum Gasteiger partial charge on any atom is 0.124 e. The fourth-order valence-electron chi connectivity index (χ4n) is 2.83. The lowest BCUT2D eigenvalue weighted by Gasteiger charge is -2.15. The maximum atomic E-state index is 5.02. The lowest BCUT2D eigenvalue weighted by atomic mass is 10.1. The van der Waals surface area contributed by atoms with Gasteiger partial charge in [-0.2, -0.15) is 0 Å². The number of hydrogen-bond donors (Lipinski definition) is 0. The fraction of sp³-hybridized carbons (Fsp3) is 0.333. The second-order valence-corrected chi connectivity index (χ2v) is 8.04. The van der Waals surface area contributed by atoms with Crippen LogP contribution < -0.4 is 0 Å². The zero-order valence-electron chi connectivity index (χ0n) is 15.9. The van der Waals surface area contributed by atoms with E-state index >= 15 is 0 Å². The van der Waals surface area contributed by atoms with Crippen LogP contribution in [0.2, 0.25) is 0 Å². The Hall–Kier alpha value is -2.11. The first-order valence-corrected chi connectivity index (χ1v) is 9.72. The molecule has 2 aromatic heterocycles. The predicted octanol–water partition coefficient (Wildman–Crippen LogP) is 4.66. The van der Waals surface area contributed by atoms with E-state index in [4.69, 9.17) is 4.98 Å². The Labute approximate surface area is 160 Å². The highest BCUT2D eigenvalue weighted by Gasteiger charge is 2.21. The highest BCUT2D eigenvalue weighted by Crippen LogP contribution is 2.35. The Balaban J connectivity index is 2.06. The number of imidazole rings is 1. The van der Waals surface area contributed by atoms with Gasteiger partial charge in [-0.1, -0.05) is 49.9 Å². The molecule has 0 fully saturated rings. The summed E-state index contributed by atoms with van der Waals surface area (Å²) in [6.07, 6.45) is 3.75. The molecule has 136 valence electrons. The zero-order valence-corrected chi connectivity index (χ0v) is 16.7. The normalized spacial score (nSPS) is 11.5. The molecular weight excluding hydrogens is 340 g/mol.